The van der Waals surface area contributed by atoms with Gasteiger partial charge in [0.25, 0.3) is 0 Å². The number of rotatable bonds is 4. The van der Waals surface area contributed by atoms with E-state index in [0.29, 0.717) is 12.0 Å². The Hall–Kier alpha value is -0.280. The van der Waals surface area contributed by atoms with Gasteiger partial charge in [-0.1, -0.05) is 39.0 Å². The van der Waals surface area contributed by atoms with E-state index in [1.807, 2.05) is 0 Å². The van der Waals surface area contributed by atoms with Crippen molar-refractivity contribution in [1.29, 1.82) is 0 Å². The van der Waals surface area contributed by atoms with E-state index in [4.69, 9.17) is 0 Å². The number of hydrogen-bond acceptors (Lipinski definition) is 2. The van der Waals surface area contributed by atoms with Gasteiger partial charge in [0.1, 0.15) is 0 Å². The minimum atomic E-state index is 0. The highest BCUT2D eigenvalue weighted by molar-refractivity contribution is 5.85. The molecule has 2 rings (SSSR count). The third-order valence-electron chi connectivity index (χ3n) is 5.26. The molecule has 0 aromatic heterocycles. The summed E-state index contributed by atoms with van der Waals surface area (Å²) in [4.78, 5) is 12.3. The minimum Gasteiger partial charge on any atom is -0.353 e. The molecule has 2 fully saturated rings. The van der Waals surface area contributed by atoms with Crippen LogP contribution in [0.25, 0.3) is 0 Å². The molecule has 2 unspecified atom stereocenters. The van der Waals surface area contributed by atoms with Crippen molar-refractivity contribution in [3.05, 3.63) is 0 Å². The summed E-state index contributed by atoms with van der Waals surface area (Å²) in [6, 6.07) is 0.325. The van der Waals surface area contributed by atoms with E-state index in [-0.39, 0.29) is 24.2 Å². The summed E-state index contributed by atoms with van der Waals surface area (Å²) < 4.78 is 0. The van der Waals surface area contributed by atoms with Crippen molar-refractivity contribution in [2.45, 2.75) is 64.8 Å². The molecule has 0 radical (unpaired) electrons. The van der Waals surface area contributed by atoms with Crippen molar-refractivity contribution >= 4 is 18.3 Å². The monoisotopic (exact) mass is 302 g/mol. The Balaban J connectivity index is 0.00000200. The largest absolute Gasteiger partial charge is 0.353 e. The van der Waals surface area contributed by atoms with E-state index < -0.39 is 0 Å². The van der Waals surface area contributed by atoms with Crippen LogP contribution in [0.15, 0.2) is 0 Å². The van der Waals surface area contributed by atoms with Gasteiger partial charge in [-0.3, -0.25) is 4.79 Å². The van der Waals surface area contributed by atoms with Crippen LogP contribution in [0.2, 0.25) is 0 Å². The van der Waals surface area contributed by atoms with E-state index in [2.05, 4.69) is 24.5 Å². The van der Waals surface area contributed by atoms with Gasteiger partial charge in [-0.25, -0.2) is 0 Å². The summed E-state index contributed by atoms with van der Waals surface area (Å²) in [7, 11) is 0. The van der Waals surface area contributed by atoms with Gasteiger partial charge in [0.05, 0.1) is 0 Å². The van der Waals surface area contributed by atoms with E-state index in [9.17, 15) is 4.79 Å². The lowest BCUT2D eigenvalue weighted by molar-refractivity contribution is -0.126. The highest BCUT2D eigenvalue weighted by atomic mass is 35.5. The quantitative estimate of drug-likeness (QED) is 0.838. The molecule has 2 N–H and O–H groups in total. The van der Waals surface area contributed by atoms with Crippen molar-refractivity contribution in [1.82, 2.24) is 10.6 Å². The van der Waals surface area contributed by atoms with E-state index in [0.717, 1.165) is 31.8 Å². The summed E-state index contributed by atoms with van der Waals surface area (Å²) in [5.74, 6) is 1.96. The molecular weight excluding hydrogens is 272 g/mol. The Bertz CT molecular complexity index is 286. The zero-order chi connectivity index (χ0) is 13.7. The second kappa shape index (κ2) is 8.89. The zero-order valence-corrected chi connectivity index (χ0v) is 13.8. The molecule has 0 bridgehead atoms. The Labute approximate surface area is 130 Å². The molecule has 1 saturated carbocycles. The normalized spacial score (nSPS) is 24.5. The molecule has 20 heavy (non-hydrogen) atoms. The first kappa shape index (κ1) is 17.8. The minimum absolute atomic E-state index is 0. The fourth-order valence-electron chi connectivity index (χ4n) is 3.63. The Morgan fingerprint density at radius 2 is 1.65 bits per heavy atom. The van der Waals surface area contributed by atoms with Crippen molar-refractivity contribution in [2.24, 2.45) is 17.8 Å². The predicted molar refractivity (Wildman–Crippen MR) is 86.2 cm³/mol. The van der Waals surface area contributed by atoms with E-state index in [1.165, 1.54) is 32.1 Å². The predicted octanol–water partition coefficient (Wildman–Crippen LogP) is 3.13. The van der Waals surface area contributed by atoms with Crippen molar-refractivity contribution in [3.63, 3.8) is 0 Å². The summed E-state index contributed by atoms with van der Waals surface area (Å²) in [5.41, 5.74) is 0. The lowest BCUT2D eigenvalue weighted by atomic mass is 9.78. The first-order valence-corrected chi connectivity index (χ1v) is 8.19. The van der Waals surface area contributed by atoms with Crippen LogP contribution in [0.1, 0.15) is 58.8 Å². The van der Waals surface area contributed by atoms with Gasteiger partial charge < -0.3 is 10.6 Å². The van der Waals surface area contributed by atoms with Gasteiger partial charge in [-0.05, 0) is 44.7 Å². The van der Waals surface area contributed by atoms with Crippen molar-refractivity contribution in [2.75, 3.05) is 13.1 Å². The maximum atomic E-state index is 12.3. The lowest BCUT2D eigenvalue weighted by Gasteiger charge is -2.33. The summed E-state index contributed by atoms with van der Waals surface area (Å²) in [6.07, 6.45) is 8.86. The Kier molecular flexibility index (Phi) is 7.90. The van der Waals surface area contributed by atoms with E-state index in [1.54, 1.807) is 0 Å². The van der Waals surface area contributed by atoms with Crippen LogP contribution in [0, 0.1) is 17.8 Å². The smallest absolute Gasteiger partial charge is 0.223 e. The molecular formula is C16H31ClN2O. The molecule has 2 atom stereocenters. The topological polar surface area (TPSA) is 41.1 Å². The number of amides is 1. The molecule has 0 spiro atoms. The van der Waals surface area contributed by atoms with Crippen molar-refractivity contribution < 1.29 is 4.79 Å². The highest BCUT2D eigenvalue weighted by Gasteiger charge is 2.28. The molecule has 1 saturated heterocycles. The van der Waals surface area contributed by atoms with Gasteiger partial charge >= 0.3 is 0 Å². The SMILES string of the molecule is CC(NC(=O)C1CCNCC1)C(C)C1CCCCC1.Cl. The Morgan fingerprint density at radius 1 is 1.05 bits per heavy atom. The standard InChI is InChI=1S/C16H30N2O.ClH/c1-12(14-6-4-3-5-7-14)13(2)18-16(19)15-8-10-17-11-9-15;/h12-15,17H,3-11H2,1-2H3,(H,18,19);1H. The molecule has 1 aliphatic heterocycles. The fraction of sp³-hybridized carbons (Fsp3) is 0.938. The third kappa shape index (κ3) is 4.92. The first-order valence-electron chi connectivity index (χ1n) is 8.19. The second-order valence-corrected chi connectivity index (χ2v) is 6.58. The highest BCUT2D eigenvalue weighted by Crippen LogP contribution is 2.31. The molecule has 3 nitrogen and oxygen atoms in total. The van der Waals surface area contributed by atoms with Gasteiger partial charge in [0, 0.05) is 12.0 Å². The van der Waals surface area contributed by atoms with Crippen LogP contribution >= 0.6 is 12.4 Å². The summed E-state index contributed by atoms with van der Waals surface area (Å²) >= 11 is 0. The van der Waals surface area contributed by atoms with Gasteiger partial charge in [-0.15, -0.1) is 12.4 Å². The molecule has 0 aromatic carbocycles. The third-order valence-corrected chi connectivity index (χ3v) is 5.26. The molecule has 2 aliphatic rings. The van der Waals surface area contributed by atoms with Gasteiger partial charge in [0.2, 0.25) is 5.91 Å². The fourth-order valence-corrected chi connectivity index (χ4v) is 3.63. The number of hydrogen-bond donors (Lipinski definition) is 2. The second-order valence-electron chi connectivity index (χ2n) is 6.58. The average Bonchev–Trinajstić information content (AvgIpc) is 2.48. The van der Waals surface area contributed by atoms with Crippen LogP contribution in [0.5, 0.6) is 0 Å². The molecule has 4 heteroatoms. The summed E-state index contributed by atoms with van der Waals surface area (Å²) in [6.45, 7) is 6.50. The number of carbonyl (C=O) groups excluding carboxylic acids is 1. The van der Waals surface area contributed by atoms with Crippen LogP contribution in [-0.4, -0.2) is 25.0 Å². The number of nitrogens with one attached hydrogen (secondary N) is 2. The molecule has 118 valence electrons. The van der Waals surface area contributed by atoms with Crippen LogP contribution in [0.4, 0.5) is 0 Å². The molecule has 0 aromatic rings. The summed E-state index contributed by atoms with van der Waals surface area (Å²) in [5, 5.41) is 6.60. The van der Waals surface area contributed by atoms with Crippen LogP contribution < -0.4 is 10.6 Å². The Morgan fingerprint density at radius 3 is 2.25 bits per heavy atom. The van der Waals surface area contributed by atoms with Crippen LogP contribution in [0.3, 0.4) is 0 Å². The van der Waals surface area contributed by atoms with E-state index >= 15 is 0 Å². The molecule has 1 heterocycles. The maximum absolute atomic E-state index is 12.3. The number of piperidine rings is 1. The zero-order valence-electron chi connectivity index (χ0n) is 13.0. The average molecular weight is 303 g/mol. The molecule has 1 amide bonds. The lowest BCUT2D eigenvalue weighted by Crippen LogP contribution is -2.45. The van der Waals surface area contributed by atoms with Crippen LogP contribution in [-0.2, 0) is 4.79 Å². The maximum Gasteiger partial charge on any atom is 0.223 e. The number of carbonyl (C=O) groups is 1. The van der Waals surface area contributed by atoms with Gasteiger partial charge in [-0.2, -0.15) is 0 Å². The molecule has 1 aliphatic carbocycles. The van der Waals surface area contributed by atoms with Gasteiger partial charge in [0.15, 0.2) is 0 Å². The first-order chi connectivity index (χ1) is 9.18. The van der Waals surface area contributed by atoms with Crippen molar-refractivity contribution in [3.8, 4) is 0 Å². The number of halogens is 1.